The van der Waals surface area contributed by atoms with Crippen molar-refractivity contribution in [1.29, 1.82) is 0 Å². The fourth-order valence-corrected chi connectivity index (χ4v) is 6.04. The molecule has 0 saturated carbocycles. The van der Waals surface area contributed by atoms with Crippen molar-refractivity contribution >= 4 is 29.3 Å². The second-order valence-corrected chi connectivity index (χ2v) is 11.0. The zero-order chi connectivity index (χ0) is 24.9. The first kappa shape index (κ1) is 23.9. The van der Waals surface area contributed by atoms with E-state index >= 15 is 4.39 Å². The lowest BCUT2D eigenvalue weighted by Gasteiger charge is -2.45. The molecule has 0 radical (unpaired) electrons. The van der Waals surface area contributed by atoms with Crippen LogP contribution in [0, 0.1) is 11.2 Å². The minimum absolute atomic E-state index is 0.00835. The smallest absolute Gasteiger partial charge is 0.255 e. The van der Waals surface area contributed by atoms with Crippen molar-refractivity contribution in [3.63, 3.8) is 0 Å². The number of halogens is 2. The van der Waals surface area contributed by atoms with Gasteiger partial charge in [0.05, 0.1) is 6.54 Å². The number of fused-ring (bicyclic) bond motifs is 1. The van der Waals surface area contributed by atoms with E-state index in [1.165, 1.54) is 10.5 Å². The molecule has 3 heterocycles. The molecule has 3 aliphatic heterocycles. The van der Waals surface area contributed by atoms with E-state index in [1.807, 2.05) is 24.3 Å². The van der Waals surface area contributed by atoms with E-state index in [9.17, 15) is 14.4 Å². The number of hydrogen-bond acceptors (Lipinski definition) is 4. The Morgan fingerprint density at radius 3 is 2.51 bits per heavy atom. The Hall–Kier alpha value is -2.77. The van der Waals surface area contributed by atoms with Gasteiger partial charge in [0, 0.05) is 35.7 Å². The molecule has 184 valence electrons. The van der Waals surface area contributed by atoms with Crippen LogP contribution < -0.4 is 5.32 Å². The van der Waals surface area contributed by atoms with Crippen molar-refractivity contribution in [3.05, 3.63) is 69.5 Å². The van der Waals surface area contributed by atoms with Crippen molar-refractivity contribution in [3.8, 4) is 0 Å². The summed E-state index contributed by atoms with van der Waals surface area (Å²) in [6.07, 6.45) is 1.24. The monoisotopic (exact) mass is 497 g/mol. The van der Waals surface area contributed by atoms with Crippen LogP contribution in [-0.2, 0) is 22.7 Å². The molecule has 0 aliphatic carbocycles. The number of hydrogen-bond donors (Lipinski definition) is 1. The summed E-state index contributed by atoms with van der Waals surface area (Å²) in [7, 11) is 0. The van der Waals surface area contributed by atoms with Crippen molar-refractivity contribution < 1.29 is 18.8 Å². The molecule has 5 rings (SSSR count). The normalized spacial score (nSPS) is 24.5. The lowest BCUT2D eigenvalue weighted by Crippen LogP contribution is -2.52. The average Bonchev–Trinajstić information content (AvgIpc) is 3.13. The number of rotatable bonds is 4. The van der Waals surface area contributed by atoms with Crippen molar-refractivity contribution in [2.75, 3.05) is 13.1 Å². The average molecular weight is 498 g/mol. The van der Waals surface area contributed by atoms with E-state index in [1.54, 1.807) is 12.1 Å². The van der Waals surface area contributed by atoms with Gasteiger partial charge in [-0.3, -0.25) is 24.6 Å². The number of carbonyl (C=O) groups excluding carboxylic acids is 3. The molecular weight excluding hydrogens is 469 g/mol. The highest BCUT2D eigenvalue weighted by Crippen LogP contribution is 2.45. The van der Waals surface area contributed by atoms with Crippen LogP contribution in [0.25, 0.3) is 0 Å². The summed E-state index contributed by atoms with van der Waals surface area (Å²) in [5.41, 5.74) is 2.33. The number of likely N-dealkylation sites (tertiary alicyclic amines) is 1. The van der Waals surface area contributed by atoms with Crippen molar-refractivity contribution in [1.82, 2.24) is 15.1 Å². The predicted molar refractivity (Wildman–Crippen MR) is 130 cm³/mol. The molecule has 0 spiro atoms. The molecule has 2 saturated heterocycles. The summed E-state index contributed by atoms with van der Waals surface area (Å²) >= 11 is 6.01. The van der Waals surface area contributed by atoms with Gasteiger partial charge in [-0.05, 0) is 60.0 Å². The van der Waals surface area contributed by atoms with Gasteiger partial charge >= 0.3 is 0 Å². The predicted octanol–water partition coefficient (Wildman–Crippen LogP) is 4.26. The van der Waals surface area contributed by atoms with Crippen LogP contribution in [0.2, 0.25) is 5.02 Å². The molecule has 3 aliphatic rings. The Bertz CT molecular complexity index is 1200. The molecular formula is C27H29ClFN3O3. The van der Waals surface area contributed by atoms with E-state index in [0.717, 1.165) is 31.1 Å². The zero-order valence-corrected chi connectivity index (χ0v) is 20.7. The fourth-order valence-electron chi connectivity index (χ4n) is 5.92. The van der Waals surface area contributed by atoms with Gasteiger partial charge in [0.1, 0.15) is 11.9 Å². The first-order valence-electron chi connectivity index (χ1n) is 12.1. The maximum Gasteiger partial charge on any atom is 0.255 e. The molecule has 0 aromatic heterocycles. The van der Waals surface area contributed by atoms with Crippen molar-refractivity contribution in [2.45, 2.75) is 58.2 Å². The van der Waals surface area contributed by atoms with Gasteiger partial charge in [0.15, 0.2) is 0 Å². The molecule has 2 unspecified atom stereocenters. The number of imide groups is 1. The van der Waals surface area contributed by atoms with Crippen LogP contribution in [0.5, 0.6) is 0 Å². The van der Waals surface area contributed by atoms with Crippen LogP contribution in [0.1, 0.15) is 66.1 Å². The Morgan fingerprint density at radius 1 is 1.09 bits per heavy atom. The minimum atomic E-state index is -0.747. The Balaban J connectivity index is 1.34. The maximum atomic E-state index is 15.9. The highest BCUT2D eigenvalue weighted by molar-refractivity contribution is 6.30. The van der Waals surface area contributed by atoms with E-state index in [4.69, 9.17) is 11.6 Å². The third-order valence-corrected chi connectivity index (χ3v) is 7.93. The van der Waals surface area contributed by atoms with Gasteiger partial charge in [-0.2, -0.15) is 0 Å². The number of carbonyl (C=O) groups is 3. The summed E-state index contributed by atoms with van der Waals surface area (Å²) in [5.74, 6) is -1.51. The van der Waals surface area contributed by atoms with Crippen LogP contribution in [0.3, 0.4) is 0 Å². The lowest BCUT2D eigenvalue weighted by molar-refractivity contribution is -0.136. The highest BCUT2D eigenvalue weighted by atomic mass is 35.5. The first-order chi connectivity index (χ1) is 16.6. The Morgan fingerprint density at radius 2 is 1.83 bits per heavy atom. The molecule has 1 N–H and O–H groups in total. The number of piperidine rings is 2. The van der Waals surface area contributed by atoms with Gasteiger partial charge in [-0.1, -0.05) is 43.6 Å². The number of benzene rings is 2. The van der Waals surface area contributed by atoms with Crippen LogP contribution in [0.4, 0.5) is 4.39 Å². The maximum absolute atomic E-state index is 15.9. The van der Waals surface area contributed by atoms with Gasteiger partial charge in [-0.15, -0.1) is 0 Å². The zero-order valence-electron chi connectivity index (χ0n) is 19.9. The van der Waals surface area contributed by atoms with Crippen LogP contribution in [0.15, 0.2) is 36.4 Å². The summed E-state index contributed by atoms with van der Waals surface area (Å²) in [4.78, 5) is 40.6. The molecule has 2 fully saturated rings. The van der Waals surface area contributed by atoms with Gasteiger partial charge in [0.25, 0.3) is 5.91 Å². The number of amides is 3. The molecule has 6 nitrogen and oxygen atoms in total. The van der Waals surface area contributed by atoms with Crippen LogP contribution >= 0.6 is 11.6 Å². The van der Waals surface area contributed by atoms with E-state index in [-0.39, 0.29) is 48.4 Å². The van der Waals surface area contributed by atoms with Gasteiger partial charge in [0.2, 0.25) is 11.8 Å². The minimum Gasteiger partial charge on any atom is -0.322 e. The summed E-state index contributed by atoms with van der Waals surface area (Å²) in [6.45, 7) is 6.86. The topological polar surface area (TPSA) is 69.7 Å². The summed E-state index contributed by atoms with van der Waals surface area (Å²) < 4.78 is 15.9. The summed E-state index contributed by atoms with van der Waals surface area (Å²) in [6, 6.07) is 10.6. The molecule has 2 aromatic carbocycles. The third kappa shape index (κ3) is 4.47. The molecule has 8 heteroatoms. The fraction of sp³-hybridized carbons (Fsp3) is 0.444. The lowest BCUT2D eigenvalue weighted by atomic mass is 9.70. The first-order valence-corrected chi connectivity index (χ1v) is 12.4. The summed E-state index contributed by atoms with van der Waals surface area (Å²) in [5, 5.41) is 3.01. The van der Waals surface area contributed by atoms with E-state index in [2.05, 4.69) is 24.1 Å². The van der Waals surface area contributed by atoms with Crippen LogP contribution in [-0.4, -0.2) is 46.7 Å². The molecule has 2 atom stereocenters. The molecule has 35 heavy (non-hydrogen) atoms. The Labute approximate surface area is 209 Å². The van der Waals surface area contributed by atoms with E-state index in [0.29, 0.717) is 16.7 Å². The quantitative estimate of drug-likeness (QED) is 0.641. The molecule has 3 amide bonds. The van der Waals surface area contributed by atoms with E-state index < -0.39 is 11.9 Å². The number of nitrogens with zero attached hydrogens (tertiary/aromatic N) is 2. The second kappa shape index (κ2) is 9.03. The Kier molecular flexibility index (Phi) is 6.18. The van der Waals surface area contributed by atoms with Crippen molar-refractivity contribution in [2.24, 2.45) is 5.41 Å². The SMILES string of the molecule is CC1(C)CN(Cc2ccc(Cl)cc2)CCC1c1ccc2c(c1F)CN(C1CCC(=O)NC1=O)C2=O. The third-order valence-electron chi connectivity index (χ3n) is 7.68. The standard InChI is InChI=1S/C27H29ClFN3O3/c1-27(2)15-31(13-16-3-5-17(28)6-4-16)12-11-21(27)19-8-7-18-20(24(19)29)14-32(26(18)35)22-9-10-23(33)30-25(22)34/h3-8,21-22H,9-15H2,1-2H3,(H,30,33,34). The largest absolute Gasteiger partial charge is 0.322 e. The molecule has 0 bridgehead atoms. The second-order valence-electron chi connectivity index (χ2n) is 10.6. The molecule has 2 aromatic rings. The highest BCUT2D eigenvalue weighted by Gasteiger charge is 2.43. The van der Waals surface area contributed by atoms with Gasteiger partial charge < -0.3 is 4.90 Å². The number of nitrogens with one attached hydrogen (secondary N) is 1. The van der Waals surface area contributed by atoms with Gasteiger partial charge in [-0.25, -0.2) is 4.39 Å².